The molecule has 1 aliphatic rings. The van der Waals surface area contributed by atoms with E-state index in [9.17, 15) is 19.2 Å². The first-order chi connectivity index (χ1) is 15.0. The van der Waals surface area contributed by atoms with E-state index in [1.165, 1.54) is 11.8 Å². The van der Waals surface area contributed by atoms with Gasteiger partial charge in [0.1, 0.15) is 11.8 Å². The maximum Gasteiger partial charge on any atom is 0.329 e. The zero-order chi connectivity index (χ0) is 22.0. The number of rotatable bonds is 6. The minimum Gasteiger partial charge on any atom is -0.482 e. The predicted molar refractivity (Wildman–Crippen MR) is 120 cm³/mol. The number of nitrogens with one attached hydrogen (secondary N) is 3. The van der Waals surface area contributed by atoms with E-state index in [4.69, 9.17) is 4.74 Å². The maximum atomic E-state index is 13.1. The molecule has 3 aromatic rings. The number of amides is 2. The molecule has 0 saturated carbocycles. The smallest absolute Gasteiger partial charge is 0.329 e. The van der Waals surface area contributed by atoms with E-state index in [-0.39, 0.29) is 12.5 Å². The lowest BCUT2D eigenvalue weighted by Crippen LogP contribution is -2.43. The SMILES string of the molecule is CSCC[C@@H](C(=O)Nc1ccc2c(c1)OCC(=O)N2)n1c(=O)[nH]c2ccccc2c1=O. The summed E-state index contributed by atoms with van der Waals surface area (Å²) in [5.41, 5.74) is 0.208. The quantitative estimate of drug-likeness (QED) is 0.539. The first-order valence-electron chi connectivity index (χ1n) is 9.58. The molecule has 1 aromatic heterocycles. The van der Waals surface area contributed by atoms with Crippen molar-refractivity contribution >= 4 is 45.9 Å². The Morgan fingerprint density at radius 2 is 2.03 bits per heavy atom. The molecule has 0 unspecified atom stereocenters. The summed E-state index contributed by atoms with van der Waals surface area (Å²) in [5, 5.41) is 5.77. The largest absolute Gasteiger partial charge is 0.482 e. The third-order valence-corrected chi connectivity index (χ3v) is 5.57. The number of para-hydroxylation sites is 1. The zero-order valence-corrected chi connectivity index (χ0v) is 17.5. The van der Waals surface area contributed by atoms with E-state index >= 15 is 0 Å². The predicted octanol–water partition coefficient (Wildman–Crippen LogP) is 1.95. The van der Waals surface area contributed by atoms with Gasteiger partial charge in [-0.25, -0.2) is 9.36 Å². The number of aromatic amines is 1. The monoisotopic (exact) mass is 440 g/mol. The average molecular weight is 440 g/mol. The zero-order valence-electron chi connectivity index (χ0n) is 16.6. The number of thioether (sulfide) groups is 1. The van der Waals surface area contributed by atoms with Crippen molar-refractivity contribution < 1.29 is 14.3 Å². The lowest BCUT2D eigenvalue weighted by Gasteiger charge is -2.21. The van der Waals surface area contributed by atoms with Crippen LogP contribution >= 0.6 is 11.8 Å². The second kappa shape index (κ2) is 8.68. The van der Waals surface area contributed by atoms with Gasteiger partial charge < -0.3 is 20.4 Å². The number of hydrogen-bond donors (Lipinski definition) is 3. The van der Waals surface area contributed by atoms with Gasteiger partial charge in [-0.05, 0) is 42.7 Å². The van der Waals surface area contributed by atoms with Crippen LogP contribution in [0.5, 0.6) is 5.75 Å². The molecule has 2 aromatic carbocycles. The van der Waals surface area contributed by atoms with E-state index < -0.39 is 23.2 Å². The number of carbonyl (C=O) groups is 2. The molecule has 0 bridgehead atoms. The summed E-state index contributed by atoms with van der Waals surface area (Å²) in [4.78, 5) is 53.0. The first kappa shape index (κ1) is 20.7. The van der Waals surface area contributed by atoms with E-state index in [2.05, 4.69) is 15.6 Å². The minimum atomic E-state index is -0.995. The van der Waals surface area contributed by atoms with Crippen LogP contribution in [0.4, 0.5) is 11.4 Å². The van der Waals surface area contributed by atoms with E-state index in [0.717, 1.165) is 4.57 Å². The first-order valence-corrected chi connectivity index (χ1v) is 11.0. The third kappa shape index (κ3) is 4.19. The van der Waals surface area contributed by atoms with Crippen LogP contribution in [0, 0.1) is 0 Å². The lowest BCUT2D eigenvalue weighted by atomic mass is 10.1. The van der Waals surface area contributed by atoms with E-state index in [1.54, 1.807) is 42.5 Å². The molecule has 31 heavy (non-hydrogen) atoms. The van der Waals surface area contributed by atoms with Gasteiger partial charge in [-0.15, -0.1) is 0 Å². The molecule has 1 aliphatic heterocycles. The Morgan fingerprint density at radius 3 is 2.84 bits per heavy atom. The molecule has 1 atom stereocenters. The Morgan fingerprint density at radius 1 is 1.23 bits per heavy atom. The molecule has 160 valence electrons. The van der Waals surface area contributed by atoms with Crippen LogP contribution in [0.1, 0.15) is 12.5 Å². The van der Waals surface area contributed by atoms with Crippen molar-refractivity contribution in [1.82, 2.24) is 9.55 Å². The summed E-state index contributed by atoms with van der Waals surface area (Å²) in [6, 6.07) is 10.5. The summed E-state index contributed by atoms with van der Waals surface area (Å²) in [7, 11) is 0. The highest BCUT2D eigenvalue weighted by molar-refractivity contribution is 7.98. The van der Waals surface area contributed by atoms with Crippen LogP contribution in [-0.4, -0.2) is 40.0 Å². The number of fused-ring (bicyclic) bond motifs is 2. The highest BCUT2D eigenvalue weighted by atomic mass is 32.2. The normalized spacial score (nSPS) is 13.8. The Kier molecular flexibility index (Phi) is 5.81. The second-order valence-corrected chi connectivity index (χ2v) is 7.97. The van der Waals surface area contributed by atoms with Gasteiger partial charge in [-0.3, -0.25) is 14.4 Å². The molecule has 4 rings (SSSR count). The summed E-state index contributed by atoms with van der Waals surface area (Å²) < 4.78 is 6.35. The lowest BCUT2D eigenvalue weighted by molar-refractivity contribution is -0.120. The second-order valence-electron chi connectivity index (χ2n) is 6.99. The average Bonchev–Trinajstić information content (AvgIpc) is 2.76. The van der Waals surface area contributed by atoms with Gasteiger partial charge in [0, 0.05) is 11.8 Å². The van der Waals surface area contributed by atoms with Gasteiger partial charge in [0.2, 0.25) is 5.91 Å². The van der Waals surface area contributed by atoms with Crippen molar-refractivity contribution in [3.63, 3.8) is 0 Å². The summed E-state index contributed by atoms with van der Waals surface area (Å²) in [6.45, 7) is -0.109. The van der Waals surface area contributed by atoms with Crippen molar-refractivity contribution in [2.24, 2.45) is 0 Å². The number of nitrogens with zero attached hydrogens (tertiary/aromatic N) is 1. The van der Waals surface area contributed by atoms with Gasteiger partial charge in [0.05, 0.1) is 16.6 Å². The van der Waals surface area contributed by atoms with Crippen LogP contribution in [0.15, 0.2) is 52.1 Å². The van der Waals surface area contributed by atoms with Crippen LogP contribution in [0.25, 0.3) is 10.9 Å². The summed E-state index contributed by atoms with van der Waals surface area (Å²) in [6.07, 6.45) is 2.18. The molecule has 0 spiro atoms. The van der Waals surface area contributed by atoms with E-state index in [0.29, 0.717) is 40.2 Å². The molecule has 3 N–H and O–H groups in total. The molecule has 9 nitrogen and oxygen atoms in total. The summed E-state index contributed by atoms with van der Waals surface area (Å²) >= 11 is 1.51. The fraction of sp³-hybridized carbons (Fsp3) is 0.238. The molecule has 10 heteroatoms. The van der Waals surface area contributed by atoms with Crippen molar-refractivity contribution in [3.05, 3.63) is 63.3 Å². The fourth-order valence-electron chi connectivity index (χ4n) is 3.44. The molecule has 0 aliphatic carbocycles. The maximum absolute atomic E-state index is 13.1. The van der Waals surface area contributed by atoms with Crippen molar-refractivity contribution in [2.75, 3.05) is 29.2 Å². The van der Waals surface area contributed by atoms with Gasteiger partial charge in [0.25, 0.3) is 11.5 Å². The molecule has 0 radical (unpaired) electrons. The van der Waals surface area contributed by atoms with Crippen molar-refractivity contribution in [3.8, 4) is 5.75 Å². The molecule has 0 fully saturated rings. The molecule has 2 heterocycles. The number of aromatic nitrogens is 2. The van der Waals surface area contributed by atoms with Gasteiger partial charge in [-0.1, -0.05) is 12.1 Å². The fourth-order valence-corrected chi connectivity index (χ4v) is 3.90. The highest BCUT2D eigenvalue weighted by Gasteiger charge is 2.25. The number of benzene rings is 2. The molecular formula is C21H20N4O5S. The van der Waals surface area contributed by atoms with Gasteiger partial charge >= 0.3 is 5.69 Å². The number of H-pyrrole nitrogens is 1. The number of anilines is 2. The minimum absolute atomic E-state index is 0.109. The van der Waals surface area contributed by atoms with E-state index in [1.807, 2.05) is 6.26 Å². The van der Waals surface area contributed by atoms with Gasteiger partial charge in [-0.2, -0.15) is 11.8 Å². The Balaban J connectivity index is 1.68. The van der Waals surface area contributed by atoms with Crippen molar-refractivity contribution in [2.45, 2.75) is 12.5 Å². The molecule has 0 saturated heterocycles. The topological polar surface area (TPSA) is 122 Å². The van der Waals surface area contributed by atoms with Crippen molar-refractivity contribution in [1.29, 1.82) is 0 Å². The Hall–Kier alpha value is -3.53. The summed E-state index contributed by atoms with van der Waals surface area (Å²) in [5.74, 6) is 0.266. The standard InChI is InChI=1S/C21H20N4O5S/c1-31-9-8-16(25-20(28)13-4-2-3-5-14(13)24-21(25)29)19(27)22-12-6-7-15-17(10-12)30-11-18(26)23-15/h2-7,10,16H,8-9,11H2,1H3,(H,22,27)(H,23,26)(H,24,29)/t16-/m0/s1. The third-order valence-electron chi connectivity index (χ3n) is 4.93. The Bertz CT molecular complexity index is 1280. The molecular weight excluding hydrogens is 420 g/mol. The van der Waals surface area contributed by atoms with Crippen LogP contribution in [0.2, 0.25) is 0 Å². The number of carbonyl (C=O) groups excluding carboxylic acids is 2. The number of ether oxygens (including phenoxy) is 1. The highest BCUT2D eigenvalue weighted by Crippen LogP contribution is 2.31. The van der Waals surface area contributed by atoms with Gasteiger partial charge in [0.15, 0.2) is 6.61 Å². The number of hydrogen-bond acceptors (Lipinski definition) is 6. The molecule has 2 amide bonds. The van der Waals surface area contributed by atoms with Crippen LogP contribution < -0.4 is 26.6 Å². The van der Waals surface area contributed by atoms with Crippen LogP contribution in [0.3, 0.4) is 0 Å². The van der Waals surface area contributed by atoms with Crippen LogP contribution in [-0.2, 0) is 9.59 Å². The Labute approximate surface area is 180 Å².